The number of nitrogens with two attached hydrogens (primary N) is 1. The molecule has 19 heavy (non-hydrogen) atoms. The zero-order chi connectivity index (χ0) is 14.3. The molecule has 0 saturated carbocycles. The molecule has 0 amide bonds. The number of methoxy groups -OCH3 is 1. The number of rotatable bonds is 8. The lowest BCUT2D eigenvalue weighted by molar-refractivity contribution is 0.255. The zero-order valence-corrected chi connectivity index (χ0v) is 13.1. The second-order valence-electron chi connectivity index (χ2n) is 4.47. The number of aliphatic hydroxyl groups is 1. The second kappa shape index (κ2) is 8.53. The van der Waals surface area contributed by atoms with Gasteiger partial charge in [-0.25, -0.2) is 0 Å². The quantitative estimate of drug-likeness (QED) is 0.683. The summed E-state index contributed by atoms with van der Waals surface area (Å²) in [6.07, 6.45) is 1.71. The predicted molar refractivity (Wildman–Crippen MR) is 81.4 cm³/mol. The van der Waals surface area contributed by atoms with E-state index in [-0.39, 0.29) is 18.7 Å². The highest BCUT2D eigenvalue weighted by molar-refractivity contribution is 9.10. The van der Waals surface area contributed by atoms with Crippen molar-refractivity contribution >= 4 is 15.9 Å². The van der Waals surface area contributed by atoms with Gasteiger partial charge in [0.05, 0.1) is 11.6 Å². The average molecular weight is 331 g/mol. The number of ether oxygens (including phenoxy) is 1. The van der Waals surface area contributed by atoms with Gasteiger partial charge in [-0.15, -0.1) is 0 Å². The highest BCUT2D eigenvalue weighted by atomic mass is 79.9. The fraction of sp³-hybridized carbons (Fsp3) is 0.571. The molecule has 0 aromatic heterocycles. The maximum absolute atomic E-state index is 9.04. The number of hydrogen-bond donors (Lipinski definition) is 3. The Balaban J connectivity index is 2.81. The minimum atomic E-state index is 0.0821. The standard InChI is InChI=1S/C14H23BrN2O2/c1-3-11(6-7-18)17-13(9-16)10-4-5-14(19-2)12(15)8-10/h4-5,8,11,13,17-18H,3,6-7,9,16H2,1-2H3. The molecule has 4 N–H and O–H groups in total. The first-order valence-electron chi connectivity index (χ1n) is 6.56. The molecular weight excluding hydrogens is 308 g/mol. The highest BCUT2D eigenvalue weighted by Gasteiger charge is 2.15. The van der Waals surface area contributed by atoms with Crippen LogP contribution < -0.4 is 15.8 Å². The van der Waals surface area contributed by atoms with Gasteiger partial charge in [0.15, 0.2) is 0 Å². The molecule has 2 atom stereocenters. The van der Waals surface area contributed by atoms with E-state index in [0.717, 1.165) is 28.6 Å². The Kier molecular flexibility index (Phi) is 7.38. The van der Waals surface area contributed by atoms with Gasteiger partial charge in [0.1, 0.15) is 5.75 Å². The van der Waals surface area contributed by atoms with Crippen molar-refractivity contribution < 1.29 is 9.84 Å². The molecule has 1 aromatic rings. The number of hydrogen-bond acceptors (Lipinski definition) is 4. The molecule has 0 radical (unpaired) electrons. The third-order valence-electron chi connectivity index (χ3n) is 3.22. The lowest BCUT2D eigenvalue weighted by atomic mass is 10.0. The number of halogens is 1. The van der Waals surface area contributed by atoms with Gasteiger partial charge < -0.3 is 20.9 Å². The first-order valence-corrected chi connectivity index (χ1v) is 7.35. The molecule has 4 nitrogen and oxygen atoms in total. The maximum atomic E-state index is 9.04. The normalized spacial score (nSPS) is 14.2. The summed E-state index contributed by atoms with van der Waals surface area (Å²) in [5.41, 5.74) is 6.97. The summed E-state index contributed by atoms with van der Waals surface area (Å²) < 4.78 is 6.14. The molecule has 0 aliphatic heterocycles. The van der Waals surface area contributed by atoms with Crippen LogP contribution in [0.15, 0.2) is 22.7 Å². The van der Waals surface area contributed by atoms with Crippen LogP contribution in [-0.4, -0.2) is 31.4 Å². The fourth-order valence-electron chi connectivity index (χ4n) is 2.05. The van der Waals surface area contributed by atoms with Gasteiger partial charge in [0.2, 0.25) is 0 Å². The largest absolute Gasteiger partial charge is 0.496 e. The van der Waals surface area contributed by atoms with Crippen LogP contribution in [-0.2, 0) is 0 Å². The van der Waals surface area contributed by atoms with Crippen molar-refractivity contribution in [1.29, 1.82) is 0 Å². The summed E-state index contributed by atoms with van der Waals surface area (Å²) in [7, 11) is 1.65. The Bertz CT molecular complexity index is 388. The molecule has 0 fully saturated rings. The first-order chi connectivity index (χ1) is 9.15. The molecule has 5 heteroatoms. The van der Waals surface area contributed by atoms with Crippen molar-refractivity contribution in [3.8, 4) is 5.75 Å². The third kappa shape index (κ3) is 4.76. The number of aliphatic hydroxyl groups excluding tert-OH is 1. The van der Waals surface area contributed by atoms with E-state index in [9.17, 15) is 0 Å². The predicted octanol–water partition coefficient (Wildman–Crippen LogP) is 2.21. The van der Waals surface area contributed by atoms with Crippen LogP contribution in [0.2, 0.25) is 0 Å². The van der Waals surface area contributed by atoms with Crippen LogP contribution in [0.25, 0.3) is 0 Å². The number of benzene rings is 1. The topological polar surface area (TPSA) is 67.5 Å². The summed E-state index contributed by atoms with van der Waals surface area (Å²) in [4.78, 5) is 0. The van der Waals surface area contributed by atoms with Gasteiger partial charge in [0, 0.05) is 25.2 Å². The number of nitrogens with one attached hydrogen (secondary N) is 1. The van der Waals surface area contributed by atoms with Gasteiger partial charge in [-0.1, -0.05) is 13.0 Å². The summed E-state index contributed by atoms with van der Waals surface area (Å²) >= 11 is 3.49. The second-order valence-corrected chi connectivity index (χ2v) is 5.32. The van der Waals surface area contributed by atoms with E-state index >= 15 is 0 Å². The summed E-state index contributed by atoms with van der Waals surface area (Å²) in [6.45, 7) is 2.81. The van der Waals surface area contributed by atoms with Crippen LogP contribution in [0.3, 0.4) is 0 Å². The molecule has 2 unspecified atom stereocenters. The molecule has 0 heterocycles. The van der Waals surface area contributed by atoms with E-state index in [1.165, 1.54) is 0 Å². The van der Waals surface area contributed by atoms with E-state index < -0.39 is 0 Å². The van der Waals surface area contributed by atoms with Gasteiger partial charge >= 0.3 is 0 Å². The van der Waals surface area contributed by atoms with Gasteiger partial charge in [-0.3, -0.25) is 0 Å². The smallest absolute Gasteiger partial charge is 0.133 e. The van der Waals surface area contributed by atoms with E-state index in [4.69, 9.17) is 15.6 Å². The van der Waals surface area contributed by atoms with Crippen molar-refractivity contribution in [2.45, 2.75) is 31.8 Å². The van der Waals surface area contributed by atoms with Crippen molar-refractivity contribution in [2.24, 2.45) is 5.73 Å². The molecule has 108 valence electrons. The molecule has 1 aromatic carbocycles. The lowest BCUT2D eigenvalue weighted by Crippen LogP contribution is -2.37. The third-order valence-corrected chi connectivity index (χ3v) is 3.84. The Morgan fingerprint density at radius 3 is 2.68 bits per heavy atom. The first kappa shape index (κ1) is 16.4. The van der Waals surface area contributed by atoms with Gasteiger partial charge in [-0.2, -0.15) is 0 Å². The fourth-order valence-corrected chi connectivity index (χ4v) is 2.60. The summed E-state index contributed by atoms with van der Waals surface area (Å²) in [6, 6.07) is 6.32. The monoisotopic (exact) mass is 330 g/mol. The van der Waals surface area contributed by atoms with Crippen LogP contribution in [0.4, 0.5) is 0 Å². The molecule has 0 aliphatic rings. The highest BCUT2D eigenvalue weighted by Crippen LogP contribution is 2.28. The van der Waals surface area contributed by atoms with Crippen molar-refractivity contribution in [3.05, 3.63) is 28.2 Å². The minimum Gasteiger partial charge on any atom is -0.496 e. The SMILES string of the molecule is CCC(CCO)NC(CN)c1ccc(OC)c(Br)c1. The van der Waals surface area contributed by atoms with E-state index in [1.807, 2.05) is 18.2 Å². The van der Waals surface area contributed by atoms with Crippen molar-refractivity contribution in [1.82, 2.24) is 5.32 Å². The van der Waals surface area contributed by atoms with E-state index in [2.05, 4.69) is 28.2 Å². The Morgan fingerprint density at radius 1 is 1.47 bits per heavy atom. The van der Waals surface area contributed by atoms with Crippen LogP contribution in [0, 0.1) is 0 Å². The van der Waals surface area contributed by atoms with Crippen LogP contribution >= 0.6 is 15.9 Å². The molecule has 0 saturated heterocycles. The van der Waals surface area contributed by atoms with Crippen molar-refractivity contribution in [2.75, 3.05) is 20.3 Å². The minimum absolute atomic E-state index is 0.0821. The Labute approximate surface area is 123 Å². The van der Waals surface area contributed by atoms with Gasteiger partial charge in [0.25, 0.3) is 0 Å². The van der Waals surface area contributed by atoms with Crippen LogP contribution in [0.1, 0.15) is 31.4 Å². The molecular formula is C14H23BrN2O2. The van der Waals surface area contributed by atoms with E-state index in [1.54, 1.807) is 7.11 Å². The maximum Gasteiger partial charge on any atom is 0.133 e. The molecule has 0 spiro atoms. The van der Waals surface area contributed by atoms with E-state index in [0.29, 0.717) is 6.54 Å². The van der Waals surface area contributed by atoms with Gasteiger partial charge in [-0.05, 0) is 46.5 Å². The average Bonchev–Trinajstić information content (AvgIpc) is 2.43. The molecule has 0 aliphatic carbocycles. The zero-order valence-electron chi connectivity index (χ0n) is 11.5. The molecule has 0 bridgehead atoms. The Morgan fingerprint density at radius 2 is 2.21 bits per heavy atom. The van der Waals surface area contributed by atoms with Crippen LogP contribution in [0.5, 0.6) is 5.75 Å². The summed E-state index contributed by atoms with van der Waals surface area (Å²) in [5, 5.41) is 12.5. The lowest BCUT2D eigenvalue weighted by Gasteiger charge is -2.24. The van der Waals surface area contributed by atoms with Crippen molar-refractivity contribution in [3.63, 3.8) is 0 Å². The summed E-state index contributed by atoms with van der Waals surface area (Å²) in [5.74, 6) is 0.807. The Hall–Kier alpha value is -0.620. The molecule has 1 rings (SSSR count).